The smallest absolute Gasteiger partial charge is 0.258 e. The standard InChI is InChI=1S/C17H18FN3O3/c18-13-3-1-2-4-15(13)24-10-16(22)19-7-8-21-11-20-14(9-17(21)23)12-5-6-12/h1-4,9,11-12H,5-8,10H2,(H,19,22). The largest absolute Gasteiger partial charge is 0.481 e. The summed E-state index contributed by atoms with van der Waals surface area (Å²) in [5.74, 6) is -0.432. The number of benzene rings is 1. The van der Waals surface area contributed by atoms with E-state index >= 15 is 0 Å². The predicted octanol–water partition coefficient (Wildman–Crippen LogP) is 1.45. The summed E-state index contributed by atoms with van der Waals surface area (Å²) in [4.78, 5) is 27.9. The molecule has 7 heteroatoms. The lowest BCUT2D eigenvalue weighted by Crippen LogP contribution is -2.33. The number of carbonyl (C=O) groups excluding carboxylic acids is 1. The van der Waals surface area contributed by atoms with Crippen molar-refractivity contribution in [1.29, 1.82) is 0 Å². The lowest BCUT2D eigenvalue weighted by Gasteiger charge is -2.09. The van der Waals surface area contributed by atoms with Gasteiger partial charge in [-0.3, -0.25) is 14.2 Å². The summed E-state index contributed by atoms with van der Waals surface area (Å²) in [6.45, 7) is 0.306. The molecule has 1 saturated carbocycles. The maximum Gasteiger partial charge on any atom is 0.258 e. The van der Waals surface area contributed by atoms with E-state index in [1.54, 1.807) is 18.2 Å². The first-order valence-electron chi connectivity index (χ1n) is 7.84. The van der Waals surface area contributed by atoms with Gasteiger partial charge >= 0.3 is 0 Å². The van der Waals surface area contributed by atoms with E-state index in [1.165, 1.54) is 23.0 Å². The Bertz CT molecular complexity index is 787. The Morgan fingerprint density at radius 2 is 2.17 bits per heavy atom. The van der Waals surface area contributed by atoms with Gasteiger partial charge in [-0.25, -0.2) is 9.37 Å². The molecular weight excluding hydrogens is 313 g/mol. The van der Waals surface area contributed by atoms with Gasteiger partial charge in [0.05, 0.1) is 12.0 Å². The molecule has 2 aromatic rings. The zero-order chi connectivity index (χ0) is 16.9. The molecule has 0 atom stereocenters. The Kier molecular flexibility index (Phi) is 4.88. The lowest BCUT2D eigenvalue weighted by atomic mass is 10.3. The van der Waals surface area contributed by atoms with Crippen molar-refractivity contribution in [1.82, 2.24) is 14.9 Å². The van der Waals surface area contributed by atoms with E-state index < -0.39 is 5.82 Å². The topological polar surface area (TPSA) is 73.2 Å². The van der Waals surface area contributed by atoms with Gasteiger partial charge in [-0.15, -0.1) is 0 Å². The number of rotatable bonds is 7. The van der Waals surface area contributed by atoms with Crippen LogP contribution in [0.2, 0.25) is 0 Å². The average molecular weight is 331 g/mol. The van der Waals surface area contributed by atoms with E-state index in [2.05, 4.69) is 10.3 Å². The van der Waals surface area contributed by atoms with E-state index in [0.29, 0.717) is 12.5 Å². The van der Waals surface area contributed by atoms with Crippen LogP contribution < -0.4 is 15.6 Å². The second-order valence-electron chi connectivity index (χ2n) is 5.69. The molecule has 0 bridgehead atoms. The van der Waals surface area contributed by atoms with Gasteiger partial charge in [-0.1, -0.05) is 12.1 Å². The first-order valence-corrected chi connectivity index (χ1v) is 7.84. The lowest BCUT2D eigenvalue weighted by molar-refractivity contribution is -0.123. The number of halogens is 1. The van der Waals surface area contributed by atoms with E-state index in [-0.39, 0.29) is 30.4 Å². The highest BCUT2D eigenvalue weighted by molar-refractivity contribution is 5.77. The van der Waals surface area contributed by atoms with Crippen LogP contribution in [0.5, 0.6) is 5.75 Å². The molecule has 1 N–H and O–H groups in total. The number of aromatic nitrogens is 2. The zero-order valence-electron chi connectivity index (χ0n) is 13.1. The summed E-state index contributed by atoms with van der Waals surface area (Å²) in [7, 11) is 0. The molecule has 3 rings (SSSR count). The number of nitrogens with zero attached hydrogens (tertiary/aromatic N) is 2. The number of carbonyl (C=O) groups is 1. The van der Waals surface area contributed by atoms with Crippen LogP contribution in [0.4, 0.5) is 4.39 Å². The molecule has 0 unspecified atom stereocenters. The highest BCUT2D eigenvalue weighted by Gasteiger charge is 2.25. The van der Waals surface area contributed by atoms with E-state index in [9.17, 15) is 14.0 Å². The molecule has 0 aliphatic heterocycles. The molecule has 1 aliphatic rings. The molecular formula is C17H18FN3O3. The first-order chi connectivity index (χ1) is 11.6. The SMILES string of the molecule is O=C(COc1ccccc1F)NCCn1cnc(C2CC2)cc1=O. The summed E-state index contributed by atoms with van der Waals surface area (Å²) in [5, 5.41) is 2.62. The highest BCUT2D eigenvalue weighted by Crippen LogP contribution is 2.38. The minimum atomic E-state index is -0.515. The maximum absolute atomic E-state index is 13.3. The average Bonchev–Trinajstić information content (AvgIpc) is 3.40. The van der Waals surface area contributed by atoms with Crippen molar-refractivity contribution in [3.05, 3.63) is 58.5 Å². The molecule has 1 aliphatic carbocycles. The zero-order valence-corrected chi connectivity index (χ0v) is 13.1. The minimum absolute atomic E-state index is 0.0312. The van der Waals surface area contributed by atoms with Crippen LogP contribution in [0.15, 0.2) is 41.5 Å². The molecule has 0 radical (unpaired) electrons. The minimum Gasteiger partial charge on any atom is -0.481 e. The maximum atomic E-state index is 13.3. The number of amides is 1. The normalized spacial score (nSPS) is 13.5. The van der Waals surface area contributed by atoms with Gasteiger partial charge in [0.2, 0.25) is 0 Å². The monoisotopic (exact) mass is 331 g/mol. The summed E-state index contributed by atoms with van der Waals surface area (Å²) in [6, 6.07) is 7.44. The van der Waals surface area contributed by atoms with E-state index in [4.69, 9.17) is 4.74 Å². The number of hydrogen-bond donors (Lipinski definition) is 1. The summed E-state index contributed by atoms with van der Waals surface area (Å²) in [6.07, 6.45) is 3.70. The van der Waals surface area contributed by atoms with Gasteiger partial charge in [0.1, 0.15) is 0 Å². The van der Waals surface area contributed by atoms with Gasteiger partial charge < -0.3 is 10.1 Å². The summed E-state index contributed by atoms with van der Waals surface area (Å²) in [5.41, 5.74) is 0.724. The van der Waals surface area contributed by atoms with Crippen LogP contribution in [-0.2, 0) is 11.3 Å². The fourth-order valence-electron chi connectivity index (χ4n) is 2.28. The molecule has 24 heavy (non-hydrogen) atoms. The van der Waals surface area contributed by atoms with Crippen molar-refractivity contribution in [3.63, 3.8) is 0 Å². The number of hydrogen-bond acceptors (Lipinski definition) is 4. The van der Waals surface area contributed by atoms with Crippen molar-refractivity contribution in [2.75, 3.05) is 13.2 Å². The molecule has 1 fully saturated rings. The third-order valence-electron chi connectivity index (χ3n) is 3.77. The van der Waals surface area contributed by atoms with Crippen LogP contribution >= 0.6 is 0 Å². The molecule has 1 amide bonds. The van der Waals surface area contributed by atoms with Crippen molar-refractivity contribution in [3.8, 4) is 5.75 Å². The summed E-state index contributed by atoms with van der Waals surface area (Å²) >= 11 is 0. The number of nitrogens with one attached hydrogen (secondary N) is 1. The van der Waals surface area contributed by atoms with Crippen molar-refractivity contribution < 1.29 is 13.9 Å². The van der Waals surface area contributed by atoms with Crippen molar-refractivity contribution >= 4 is 5.91 Å². The Morgan fingerprint density at radius 1 is 1.38 bits per heavy atom. The molecule has 1 heterocycles. The molecule has 0 saturated heterocycles. The Balaban J connectivity index is 1.43. The number of ether oxygens (including phenoxy) is 1. The van der Waals surface area contributed by atoms with Crippen LogP contribution in [0.3, 0.4) is 0 Å². The van der Waals surface area contributed by atoms with Crippen LogP contribution in [-0.4, -0.2) is 28.6 Å². The Morgan fingerprint density at radius 3 is 2.88 bits per heavy atom. The predicted molar refractivity (Wildman–Crippen MR) is 85.4 cm³/mol. The van der Waals surface area contributed by atoms with E-state index in [1.807, 2.05) is 0 Å². The third kappa shape index (κ3) is 4.18. The van der Waals surface area contributed by atoms with Crippen LogP contribution in [0, 0.1) is 5.82 Å². The molecule has 126 valence electrons. The van der Waals surface area contributed by atoms with Crippen LogP contribution in [0.1, 0.15) is 24.5 Å². The Labute approximate surface area is 138 Å². The fraction of sp³-hybridized carbons (Fsp3) is 0.353. The Hall–Kier alpha value is -2.70. The first kappa shape index (κ1) is 16.2. The van der Waals surface area contributed by atoms with Crippen LogP contribution in [0.25, 0.3) is 0 Å². The highest BCUT2D eigenvalue weighted by atomic mass is 19.1. The number of para-hydroxylation sites is 1. The fourth-order valence-corrected chi connectivity index (χ4v) is 2.28. The van der Waals surface area contributed by atoms with Crippen molar-refractivity contribution in [2.24, 2.45) is 0 Å². The van der Waals surface area contributed by atoms with Gasteiger partial charge in [-0.2, -0.15) is 0 Å². The van der Waals surface area contributed by atoms with Gasteiger partial charge in [0.25, 0.3) is 11.5 Å². The molecule has 6 nitrogen and oxygen atoms in total. The van der Waals surface area contributed by atoms with E-state index in [0.717, 1.165) is 18.5 Å². The second-order valence-corrected chi connectivity index (χ2v) is 5.69. The van der Waals surface area contributed by atoms with Gasteiger partial charge in [-0.05, 0) is 25.0 Å². The molecule has 0 spiro atoms. The van der Waals surface area contributed by atoms with Gasteiger partial charge in [0.15, 0.2) is 18.2 Å². The summed E-state index contributed by atoms with van der Waals surface area (Å²) < 4.78 is 19.9. The second kappa shape index (κ2) is 7.25. The van der Waals surface area contributed by atoms with Crippen molar-refractivity contribution in [2.45, 2.75) is 25.3 Å². The molecule has 1 aromatic heterocycles. The quantitative estimate of drug-likeness (QED) is 0.833. The third-order valence-corrected chi connectivity index (χ3v) is 3.77. The molecule has 1 aromatic carbocycles. The van der Waals surface area contributed by atoms with Gasteiger partial charge in [0, 0.05) is 25.1 Å².